The number of halogens is 3. The van der Waals surface area contributed by atoms with Gasteiger partial charge in [0.15, 0.2) is 0 Å². The highest BCUT2D eigenvalue weighted by atomic mass is 79.9. The number of benzene rings is 1. The molecule has 1 rings (SSSR count). The van der Waals surface area contributed by atoms with Crippen LogP contribution in [0.15, 0.2) is 25.6 Å². The van der Waals surface area contributed by atoms with Crippen LogP contribution in [0.3, 0.4) is 0 Å². The summed E-state index contributed by atoms with van der Waals surface area (Å²) in [5.41, 5.74) is 6.20. The zero-order chi connectivity index (χ0) is 13.7. The molecule has 0 bridgehead atoms. The lowest BCUT2D eigenvalue weighted by atomic mass is 10.0. The molecule has 1 amide bonds. The van der Waals surface area contributed by atoms with E-state index in [2.05, 4.69) is 53.1 Å². The smallest absolute Gasteiger partial charge is 0.227 e. The number of carbonyl (C=O) groups is 1. The van der Waals surface area contributed by atoms with E-state index >= 15 is 0 Å². The normalized spacial score (nSPS) is 12.3. The number of anilines is 1. The van der Waals surface area contributed by atoms with Crippen molar-refractivity contribution in [1.82, 2.24) is 0 Å². The SMILES string of the molecule is CC(CCCN)C(=O)Nc1c(Br)cc(Br)cc1Br. The third-order valence-corrected chi connectivity index (χ3v) is 4.25. The number of rotatable bonds is 5. The maximum atomic E-state index is 12.0. The molecule has 6 heteroatoms. The van der Waals surface area contributed by atoms with Crippen molar-refractivity contribution in [2.45, 2.75) is 19.8 Å². The molecule has 0 radical (unpaired) electrons. The van der Waals surface area contributed by atoms with Gasteiger partial charge in [-0.1, -0.05) is 22.9 Å². The van der Waals surface area contributed by atoms with Crippen LogP contribution >= 0.6 is 47.8 Å². The van der Waals surface area contributed by atoms with Gasteiger partial charge in [-0.15, -0.1) is 0 Å². The van der Waals surface area contributed by atoms with E-state index in [0.717, 1.165) is 31.9 Å². The molecule has 0 saturated heterocycles. The van der Waals surface area contributed by atoms with E-state index in [1.165, 1.54) is 0 Å². The number of nitrogens with two attached hydrogens (primary N) is 1. The summed E-state index contributed by atoms with van der Waals surface area (Å²) in [7, 11) is 0. The van der Waals surface area contributed by atoms with Crippen LogP contribution in [0.2, 0.25) is 0 Å². The molecule has 1 aromatic carbocycles. The molecule has 3 nitrogen and oxygen atoms in total. The Balaban J connectivity index is 2.76. The molecule has 0 aliphatic rings. The van der Waals surface area contributed by atoms with Gasteiger partial charge >= 0.3 is 0 Å². The summed E-state index contributed by atoms with van der Waals surface area (Å²) in [4.78, 5) is 12.0. The van der Waals surface area contributed by atoms with Crippen LogP contribution in [-0.2, 0) is 4.79 Å². The van der Waals surface area contributed by atoms with E-state index in [-0.39, 0.29) is 11.8 Å². The fraction of sp³-hybridized carbons (Fsp3) is 0.417. The number of hydrogen-bond acceptors (Lipinski definition) is 2. The molecule has 1 aromatic rings. The van der Waals surface area contributed by atoms with Gasteiger partial charge < -0.3 is 11.1 Å². The minimum absolute atomic E-state index is 0.00664. The zero-order valence-electron chi connectivity index (χ0n) is 9.97. The average Bonchev–Trinajstić information content (AvgIpc) is 2.30. The second-order valence-corrected chi connectivity index (χ2v) is 6.69. The van der Waals surface area contributed by atoms with Crippen molar-refractivity contribution in [3.05, 3.63) is 25.6 Å². The van der Waals surface area contributed by atoms with Gasteiger partial charge in [0.05, 0.1) is 5.69 Å². The number of hydrogen-bond donors (Lipinski definition) is 2. The molecule has 0 fully saturated rings. The predicted octanol–water partition coefficient (Wildman–Crippen LogP) is 4.29. The zero-order valence-corrected chi connectivity index (χ0v) is 14.7. The van der Waals surface area contributed by atoms with E-state index in [1.54, 1.807) is 0 Å². The average molecular weight is 443 g/mol. The first kappa shape index (κ1) is 16.1. The molecular formula is C12H15Br3N2O. The van der Waals surface area contributed by atoms with Gasteiger partial charge in [-0.2, -0.15) is 0 Å². The lowest BCUT2D eigenvalue weighted by Crippen LogP contribution is -2.21. The highest BCUT2D eigenvalue weighted by molar-refractivity contribution is 9.11. The quantitative estimate of drug-likeness (QED) is 0.714. The first-order chi connectivity index (χ1) is 8.45. The Bertz CT molecular complexity index is 414. The Morgan fingerprint density at radius 3 is 2.39 bits per heavy atom. The predicted molar refractivity (Wildman–Crippen MR) is 85.6 cm³/mol. The molecule has 0 spiro atoms. The minimum atomic E-state index is -0.0454. The summed E-state index contributed by atoms with van der Waals surface area (Å²) in [6, 6.07) is 3.79. The summed E-state index contributed by atoms with van der Waals surface area (Å²) < 4.78 is 2.61. The Morgan fingerprint density at radius 2 is 1.89 bits per heavy atom. The Morgan fingerprint density at radius 1 is 1.33 bits per heavy atom. The van der Waals surface area contributed by atoms with Crippen LogP contribution in [0.4, 0.5) is 5.69 Å². The summed E-state index contributed by atoms with van der Waals surface area (Å²) in [6.07, 6.45) is 1.66. The van der Waals surface area contributed by atoms with E-state index in [4.69, 9.17) is 5.73 Å². The van der Waals surface area contributed by atoms with E-state index < -0.39 is 0 Å². The van der Waals surface area contributed by atoms with Crippen LogP contribution in [-0.4, -0.2) is 12.5 Å². The van der Waals surface area contributed by atoms with Crippen molar-refractivity contribution in [3.63, 3.8) is 0 Å². The Kier molecular flexibility index (Phi) is 6.84. The van der Waals surface area contributed by atoms with E-state index in [9.17, 15) is 4.79 Å². The summed E-state index contributed by atoms with van der Waals surface area (Å²) in [5, 5.41) is 2.92. The van der Waals surface area contributed by atoms with Crippen molar-refractivity contribution in [2.75, 3.05) is 11.9 Å². The third-order valence-electron chi connectivity index (χ3n) is 2.54. The van der Waals surface area contributed by atoms with Crippen molar-refractivity contribution in [3.8, 4) is 0 Å². The number of carbonyl (C=O) groups excluding carboxylic acids is 1. The van der Waals surface area contributed by atoms with Crippen LogP contribution in [0, 0.1) is 5.92 Å². The van der Waals surface area contributed by atoms with Gasteiger partial charge in [0, 0.05) is 19.3 Å². The molecule has 1 unspecified atom stereocenters. The molecule has 3 N–H and O–H groups in total. The molecule has 0 heterocycles. The minimum Gasteiger partial charge on any atom is -0.330 e. The topological polar surface area (TPSA) is 55.1 Å². The van der Waals surface area contributed by atoms with Gasteiger partial charge in [0.1, 0.15) is 0 Å². The maximum Gasteiger partial charge on any atom is 0.227 e. The standard InChI is InChI=1S/C12H15Br3N2O/c1-7(3-2-4-16)12(18)17-11-9(14)5-8(13)6-10(11)15/h5-7H,2-4,16H2,1H3,(H,17,18). The van der Waals surface area contributed by atoms with E-state index in [0.29, 0.717) is 6.54 Å². The van der Waals surface area contributed by atoms with Crippen LogP contribution in [0.5, 0.6) is 0 Å². The molecular weight excluding hydrogens is 428 g/mol. The number of nitrogens with one attached hydrogen (secondary N) is 1. The fourth-order valence-electron chi connectivity index (χ4n) is 1.46. The Labute approximate surface area is 132 Å². The molecule has 0 aliphatic heterocycles. The Hall–Kier alpha value is 0.0900. The summed E-state index contributed by atoms with van der Waals surface area (Å²) in [6.45, 7) is 2.52. The third kappa shape index (κ3) is 4.64. The van der Waals surface area contributed by atoms with Crippen molar-refractivity contribution in [2.24, 2.45) is 11.7 Å². The van der Waals surface area contributed by atoms with Crippen LogP contribution < -0.4 is 11.1 Å². The highest BCUT2D eigenvalue weighted by Crippen LogP contribution is 2.34. The molecule has 0 aliphatic carbocycles. The van der Waals surface area contributed by atoms with Crippen molar-refractivity contribution < 1.29 is 4.79 Å². The maximum absolute atomic E-state index is 12.0. The first-order valence-electron chi connectivity index (χ1n) is 5.61. The van der Waals surface area contributed by atoms with Crippen LogP contribution in [0.1, 0.15) is 19.8 Å². The summed E-state index contributed by atoms with van der Waals surface area (Å²) in [5.74, 6) is -0.0387. The molecule has 0 aromatic heterocycles. The second kappa shape index (κ2) is 7.62. The monoisotopic (exact) mass is 440 g/mol. The largest absolute Gasteiger partial charge is 0.330 e. The van der Waals surface area contributed by atoms with E-state index in [1.807, 2.05) is 19.1 Å². The van der Waals surface area contributed by atoms with Gasteiger partial charge in [-0.05, 0) is 63.4 Å². The van der Waals surface area contributed by atoms with Crippen molar-refractivity contribution >= 4 is 59.4 Å². The van der Waals surface area contributed by atoms with Crippen molar-refractivity contribution in [1.29, 1.82) is 0 Å². The molecule has 18 heavy (non-hydrogen) atoms. The molecule has 1 atom stereocenters. The molecule has 0 saturated carbocycles. The first-order valence-corrected chi connectivity index (χ1v) is 7.99. The lowest BCUT2D eigenvalue weighted by Gasteiger charge is -2.14. The van der Waals surface area contributed by atoms with Gasteiger partial charge in [0.25, 0.3) is 0 Å². The van der Waals surface area contributed by atoms with Gasteiger partial charge in [-0.3, -0.25) is 4.79 Å². The lowest BCUT2D eigenvalue weighted by molar-refractivity contribution is -0.119. The van der Waals surface area contributed by atoms with Crippen LogP contribution in [0.25, 0.3) is 0 Å². The highest BCUT2D eigenvalue weighted by Gasteiger charge is 2.15. The number of amides is 1. The van der Waals surface area contributed by atoms with Gasteiger partial charge in [0.2, 0.25) is 5.91 Å². The fourth-order valence-corrected chi connectivity index (χ4v) is 3.92. The summed E-state index contributed by atoms with van der Waals surface area (Å²) >= 11 is 10.3. The van der Waals surface area contributed by atoms with Gasteiger partial charge in [-0.25, -0.2) is 0 Å². The second-order valence-electron chi connectivity index (χ2n) is 4.07. The molecule has 100 valence electrons.